The van der Waals surface area contributed by atoms with Gasteiger partial charge in [0.15, 0.2) is 0 Å². The van der Waals surface area contributed by atoms with Gasteiger partial charge in [0.25, 0.3) is 0 Å². The fourth-order valence-electron chi connectivity index (χ4n) is 2.50. The first kappa shape index (κ1) is 15.8. The highest BCUT2D eigenvalue weighted by Gasteiger charge is 2.17. The predicted molar refractivity (Wildman–Crippen MR) is 84.8 cm³/mol. The molecule has 1 aliphatic rings. The van der Waals surface area contributed by atoms with E-state index in [1.54, 1.807) is 4.90 Å². The molecular formula is C17H26N2O2. The molecule has 1 aromatic rings. The summed E-state index contributed by atoms with van der Waals surface area (Å²) in [5, 5.41) is 3.28. The molecule has 1 aliphatic heterocycles. The van der Waals surface area contributed by atoms with Gasteiger partial charge in [0, 0.05) is 19.6 Å². The number of benzene rings is 1. The molecule has 0 bridgehead atoms. The molecule has 116 valence electrons. The van der Waals surface area contributed by atoms with Crippen LogP contribution in [-0.2, 0) is 6.42 Å². The van der Waals surface area contributed by atoms with Crippen molar-refractivity contribution in [2.75, 3.05) is 26.2 Å². The number of amides is 1. The molecule has 1 amide bonds. The van der Waals surface area contributed by atoms with Gasteiger partial charge in [-0.3, -0.25) is 0 Å². The third-order valence-corrected chi connectivity index (χ3v) is 3.80. The van der Waals surface area contributed by atoms with Gasteiger partial charge < -0.3 is 15.0 Å². The lowest BCUT2D eigenvalue weighted by Gasteiger charge is -2.19. The van der Waals surface area contributed by atoms with Crippen LogP contribution in [0.3, 0.4) is 0 Å². The van der Waals surface area contributed by atoms with Crippen molar-refractivity contribution in [3.05, 3.63) is 29.8 Å². The first-order valence-electron chi connectivity index (χ1n) is 8.06. The number of aryl methyl sites for hydroxylation is 1. The average molecular weight is 290 g/mol. The van der Waals surface area contributed by atoms with Gasteiger partial charge in [-0.25, -0.2) is 4.79 Å². The smallest absolute Gasteiger partial charge is 0.410 e. The molecule has 2 rings (SSSR count). The summed E-state index contributed by atoms with van der Waals surface area (Å²) in [4.78, 5) is 13.9. The summed E-state index contributed by atoms with van der Waals surface area (Å²) in [7, 11) is 0. The minimum Gasteiger partial charge on any atom is -0.410 e. The van der Waals surface area contributed by atoms with E-state index < -0.39 is 0 Å². The summed E-state index contributed by atoms with van der Waals surface area (Å²) in [5.41, 5.74) is 1.31. The lowest BCUT2D eigenvalue weighted by molar-refractivity contribution is 0.155. The minimum atomic E-state index is -0.238. The van der Waals surface area contributed by atoms with Crippen molar-refractivity contribution in [3.8, 4) is 5.75 Å². The molecule has 21 heavy (non-hydrogen) atoms. The van der Waals surface area contributed by atoms with Gasteiger partial charge in [0.2, 0.25) is 0 Å². The first-order valence-corrected chi connectivity index (χ1v) is 8.06. The van der Waals surface area contributed by atoms with Crippen molar-refractivity contribution in [1.29, 1.82) is 0 Å². The van der Waals surface area contributed by atoms with E-state index >= 15 is 0 Å². The lowest BCUT2D eigenvalue weighted by atomic mass is 10.1. The number of rotatable bonds is 5. The Labute approximate surface area is 127 Å². The van der Waals surface area contributed by atoms with Crippen LogP contribution in [0.5, 0.6) is 5.75 Å². The largest absolute Gasteiger partial charge is 0.415 e. The Morgan fingerprint density at radius 2 is 2.00 bits per heavy atom. The number of unbranched alkanes of at least 4 members (excludes halogenated alkanes) is 2. The Morgan fingerprint density at radius 3 is 2.76 bits per heavy atom. The predicted octanol–water partition coefficient (Wildman–Crippen LogP) is 3.21. The van der Waals surface area contributed by atoms with E-state index in [1.165, 1.54) is 24.8 Å². The van der Waals surface area contributed by atoms with Crippen LogP contribution in [-0.4, -0.2) is 37.2 Å². The molecule has 4 nitrogen and oxygen atoms in total. The van der Waals surface area contributed by atoms with E-state index in [0.29, 0.717) is 12.3 Å². The Morgan fingerprint density at radius 1 is 1.19 bits per heavy atom. The molecule has 1 aromatic carbocycles. The Bertz CT molecular complexity index is 423. The van der Waals surface area contributed by atoms with E-state index in [2.05, 4.69) is 24.4 Å². The summed E-state index contributed by atoms with van der Waals surface area (Å²) < 4.78 is 5.45. The summed E-state index contributed by atoms with van der Waals surface area (Å²) in [6.07, 6.45) is 5.56. The van der Waals surface area contributed by atoms with Gasteiger partial charge in [0.1, 0.15) is 5.75 Å². The second-order valence-electron chi connectivity index (χ2n) is 5.56. The fourth-order valence-corrected chi connectivity index (χ4v) is 2.50. The standard InChI is InChI=1S/C17H26N2O2/c1-2-3-4-6-15-7-9-16(10-8-15)21-17(20)19-13-5-11-18-12-14-19/h7-10,18H,2-6,11-14H2,1H3. The highest BCUT2D eigenvalue weighted by atomic mass is 16.6. The zero-order valence-electron chi connectivity index (χ0n) is 12.9. The third kappa shape index (κ3) is 5.38. The zero-order valence-corrected chi connectivity index (χ0v) is 12.9. The van der Waals surface area contributed by atoms with Crippen LogP contribution >= 0.6 is 0 Å². The number of nitrogens with one attached hydrogen (secondary N) is 1. The van der Waals surface area contributed by atoms with Crippen molar-refractivity contribution in [3.63, 3.8) is 0 Å². The van der Waals surface area contributed by atoms with E-state index in [9.17, 15) is 4.79 Å². The Kier molecular flexibility index (Phi) is 6.54. The van der Waals surface area contributed by atoms with Crippen molar-refractivity contribution in [2.45, 2.75) is 39.0 Å². The second kappa shape index (κ2) is 8.67. The molecule has 0 atom stereocenters. The lowest BCUT2D eigenvalue weighted by Crippen LogP contribution is -2.36. The highest BCUT2D eigenvalue weighted by Crippen LogP contribution is 2.15. The maximum absolute atomic E-state index is 12.1. The molecule has 0 aromatic heterocycles. The summed E-state index contributed by atoms with van der Waals surface area (Å²) in [6.45, 7) is 5.50. The minimum absolute atomic E-state index is 0.238. The van der Waals surface area contributed by atoms with E-state index in [1.807, 2.05) is 12.1 Å². The van der Waals surface area contributed by atoms with Gasteiger partial charge in [0.05, 0.1) is 0 Å². The first-order chi connectivity index (χ1) is 10.3. The van der Waals surface area contributed by atoms with Gasteiger partial charge in [-0.05, 0) is 43.5 Å². The van der Waals surface area contributed by atoms with Crippen molar-refractivity contribution >= 4 is 6.09 Å². The van der Waals surface area contributed by atoms with Crippen LogP contribution in [0.15, 0.2) is 24.3 Å². The SMILES string of the molecule is CCCCCc1ccc(OC(=O)N2CCCNCC2)cc1. The highest BCUT2D eigenvalue weighted by molar-refractivity contribution is 5.70. The normalized spacial score (nSPS) is 15.6. The molecule has 1 N–H and O–H groups in total. The molecule has 4 heteroatoms. The Hall–Kier alpha value is -1.55. The maximum atomic E-state index is 12.1. The molecule has 0 radical (unpaired) electrons. The van der Waals surface area contributed by atoms with Crippen LogP contribution in [0.1, 0.15) is 38.2 Å². The van der Waals surface area contributed by atoms with Crippen molar-refractivity contribution in [2.24, 2.45) is 0 Å². The Balaban J connectivity index is 1.82. The quantitative estimate of drug-likeness (QED) is 0.847. The van der Waals surface area contributed by atoms with Gasteiger partial charge in [-0.1, -0.05) is 31.9 Å². The van der Waals surface area contributed by atoms with Gasteiger partial charge in [-0.15, -0.1) is 0 Å². The third-order valence-electron chi connectivity index (χ3n) is 3.80. The van der Waals surface area contributed by atoms with Gasteiger partial charge >= 0.3 is 6.09 Å². The van der Waals surface area contributed by atoms with Crippen LogP contribution in [0, 0.1) is 0 Å². The molecule has 0 saturated carbocycles. The molecule has 0 aliphatic carbocycles. The molecule has 0 unspecified atom stereocenters. The van der Waals surface area contributed by atoms with E-state index in [4.69, 9.17) is 4.74 Å². The molecule has 1 saturated heterocycles. The number of hydrogen-bond acceptors (Lipinski definition) is 3. The summed E-state index contributed by atoms with van der Waals surface area (Å²) in [5.74, 6) is 0.636. The van der Waals surface area contributed by atoms with Crippen molar-refractivity contribution in [1.82, 2.24) is 10.2 Å². The van der Waals surface area contributed by atoms with E-state index in [0.717, 1.165) is 32.5 Å². The van der Waals surface area contributed by atoms with Crippen LogP contribution in [0.2, 0.25) is 0 Å². The average Bonchev–Trinajstić information content (AvgIpc) is 2.78. The number of nitrogens with zero attached hydrogens (tertiary/aromatic N) is 1. The van der Waals surface area contributed by atoms with Crippen LogP contribution in [0.4, 0.5) is 4.79 Å². The second-order valence-corrected chi connectivity index (χ2v) is 5.56. The maximum Gasteiger partial charge on any atom is 0.415 e. The van der Waals surface area contributed by atoms with Crippen LogP contribution in [0.25, 0.3) is 0 Å². The van der Waals surface area contributed by atoms with Crippen molar-refractivity contribution < 1.29 is 9.53 Å². The fraction of sp³-hybridized carbons (Fsp3) is 0.588. The molecule has 1 heterocycles. The monoisotopic (exact) mass is 290 g/mol. The number of hydrogen-bond donors (Lipinski definition) is 1. The number of ether oxygens (including phenoxy) is 1. The topological polar surface area (TPSA) is 41.6 Å². The zero-order chi connectivity index (χ0) is 14.9. The summed E-state index contributed by atoms with van der Waals surface area (Å²) >= 11 is 0. The molecular weight excluding hydrogens is 264 g/mol. The summed E-state index contributed by atoms with van der Waals surface area (Å²) in [6, 6.07) is 7.91. The number of carbonyl (C=O) groups is 1. The number of carbonyl (C=O) groups excluding carboxylic acids is 1. The van der Waals surface area contributed by atoms with Crippen LogP contribution < -0.4 is 10.1 Å². The molecule has 0 spiro atoms. The molecule has 1 fully saturated rings. The van der Waals surface area contributed by atoms with E-state index in [-0.39, 0.29) is 6.09 Å². The van der Waals surface area contributed by atoms with Gasteiger partial charge in [-0.2, -0.15) is 0 Å².